The van der Waals surface area contributed by atoms with Crippen LogP contribution in [0.5, 0.6) is 0 Å². The SMILES string of the molecule is CCC(CCO)Nc1nc(C)cnc1C. The minimum atomic E-state index is 0.198. The van der Waals surface area contributed by atoms with Crippen LogP contribution in [-0.2, 0) is 0 Å². The summed E-state index contributed by atoms with van der Waals surface area (Å²) < 4.78 is 0. The summed E-state index contributed by atoms with van der Waals surface area (Å²) in [6, 6.07) is 0.268. The standard InChI is InChI=1S/C11H19N3O/c1-4-10(5-6-15)14-11-9(3)12-7-8(2)13-11/h7,10,15H,4-6H2,1-3H3,(H,13,14). The summed E-state index contributed by atoms with van der Waals surface area (Å²) in [5.41, 5.74) is 1.80. The van der Waals surface area contributed by atoms with Crippen molar-refractivity contribution in [2.75, 3.05) is 11.9 Å². The number of rotatable bonds is 5. The fraction of sp³-hybridized carbons (Fsp3) is 0.636. The highest BCUT2D eigenvalue weighted by molar-refractivity contribution is 5.40. The van der Waals surface area contributed by atoms with E-state index in [1.165, 1.54) is 0 Å². The lowest BCUT2D eigenvalue weighted by Crippen LogP contribution is -2.21. The second kappa shape index (κ2) is 5.66. The first-order chi connectivity index (χ1) is 7.17. The Morgan fingerprint density at radius 2 is 2.20 bits per heavy atom. The fourth-order valence-corrected chi connectivity index (χ4v) is 1.40. The van der Waals surface area contributed by atoms with Crippen molar-refractivity contribution in [2.24, 2.45) is 0 Å². The van der Waals surface area contributed by atoms with Crippen molar-refractivity contribution in [1.82, 2.24) is 9.97 Å². The van der Waals surface area contributed by atoms with Crippen molar-refractivity contribution in [3.63, 3.8) is 0 Å². The molecule has 4 nitrogen and oxygen atoms in total. The van der Waals surface area contributed by atoms with Crippen molar-refractivity contribution in [3.05, 3.63) is 17.6 Å². The van der Waals surface area contributed by atoms with Crippen LogP contribution in [0.15, 0.2) is 6.20 Å². The van der Waals surface area contributed by atoms with E-state index in [0.717, 1.165) is 30.0 Å². The average Bonchev–Trinajstić information content (AvgIpc) is 2.22. The van der Waals surface area contributed by atoms with E-state index < -0.39 is 0 Å². The summed E-state index contributed by atoms with van der Waals surface area (Å²) in [4.78, 5) is 8.63. The van der Waals surface area contributed by atoms with Gasteiger partial charge >= 0.3 is 0 Å². The van der Waals surface area contributed by atoms with Crippen molar-refractivity contribution in [3.8, 4) is 0 Å². The lowest BCUT2D eigenvalue weighted by Gasteiger charge is -2.17. The smallest absolute Gasteiger partial charge is 0.147 e. The summed E-state index contributed by atoms with van der Waals surface area (Å²) in [7, 11) is 0. The first-order valence-electron chi connectivity index (χ1n) is 5.35. The number of aryl methyl sites for hydroxylation is 2. The Bertz CT molecular complexity index is 315. The van der Waals surface area contributed by atoms with Gasteiger partial charge in [-0.3, -0.25) is 4.98 Å². The largest absolute Gasteiger partial charge is 0.396 e. The van der Waals surface area contributed by atoms with Gasteiger partial charge in [-0.2, -0.15) is 0 Å². The van der Waals surface area contributed by atoms with Gasteiger partial charge in [-0.1, -0.05) is 6.92 Å². The van der Waals surface area contributed by atoms with Crippen LogP contribution in [-0.4, -0.2) is 27.7 Å². The Labute approximate surface area is 90.8 Å². The van der Waals surface area contributed by atoms with Gasteiger partial charge in [-0.05, 0) is 26.7 Å². The fourth-order valence-electron chi connectivity index (χ4n) is 1.40. The molecular formula is C11H19N3O. The highest BCUT2D eigenvalue weighted by Crippen LogP contribution is 2.12. The zero-order valence-corrected chi connectivity index (χ0v) is 9.62. The predicted octanol–water partition coefficient (Wildman–Crippen LogP) is 1.67. The number of aromatic nitrogens is 2. The number of nitrogens with one attached hydrogen (secondary N) is 1. The normalized spacial score (nSPS) is 12.5. The molecule has 0 aliphatic heterocycles. The molecule has 0 bridgehead atoms. The summed E-state index contributed by atoms with van der Waals surface area (Å²) in [5.74, 6) is 0.829. The number of hydrogen-bond donors (Lipinski definition) is 2. The molecule has 1 aromatic heterocycles. The maximum absolute atomic E-state index is 8.89. The predicted molar refractivity (Wildman–Crippen MR) is 60.9 cm³/mol. The third-order valence-electron chi connectivity index (χ3n) is 2.39. The quantitative estimate of drug-likeness (QED) is 0.774. The van der Waals surface area contributed by atoms with E-state index in [0.29, 0.717) is 0 Å². The molecular weight excluding hydrogens is 190 g/mol. The van der Waals surface area contributed by atoms with E-state index in [-0.39, 0.29) is 12.6 Å². The first kappa shape index (κ1) is 11.9. The zero-order chi connectivity index (χ0) is 11.3. The number of hydrogen-bond acceptors (Lipinski definition) is 4. The van der Waals surface area contributed by atoms with Gasteiger partial charge in [0.1, 0.15) is 5.82 Å². The van der Waals surface area contributed by atoms with E-state index in [9.17, 15) is 0 Å². The van der Waals surface area contributed by atoms with Gasteiger partial charge < -0.3 is 10.4 Å². The minimum Gasteiger partial charge on any atom is -0.396 e. The molecule has 0 fully saturated rings. The van der Waals surface area contributed by atoms with E-state index >= 15 is 0 Å². The Hall–Kier alpha value is -1.16. The lowest BCUT2D eigenvalue weighted by atomic mass is 10.1. The molecule has 0 spiro atoms. The third-order valence-corrected chi connectivity index (χ3v) is 2.39. The molecule has 4 heteroatoms. The lowest BCUT2D eigenvalue weighted by molar-refractivity contribution is 0.278. The van der Waals surface area contributed by atoms with Gasteiger partial charge in [0.2, 0.25) is 0 Å². The molecule has 0 aliphatic rings. The van der Waals surface area contributed by atoms with Crippen LogP contribution in [0.4, 0.5) is 5.82 Å². The number of aliphatic hydroxyl groups is 1. The van der Waals surface area contributed by atoms with Crippen LogP contribution in [0, 0.1) is 13.8 Å². The molecule has 0 saturated heterocycles. The molecule has 84 valence electrons. The molecule has 1 atom stereocenters. The average molecular weight is 209 g/mol. The summed E-state index contributed by atoms with van der Waals surface area (Å²) in [6.07, 6.45) is 3.47. The second-order valence-corrected chi connectivity index (χ2v) is 3.71. The maximum atomic E-state index is 8.89. The highest BCUT2D eigenvalue weighted by atomic mass is 16.3. The van der Waals surface area contributed by atoms with Crippen LogP contribution < -0.4 is 5.32 Å². The van der Waals surface area contributed by atoms with Gasteiger partial charge in [0, 0.05) is 18.8 Å². The van der Waals surface area contributed by atoms with Crippen LogP contribution in [0.3, 0.4) is 0 Å². The van der Waals surface area contributed by atoms with Crippen LogP contribution in [0.25, 0.3) is 0 Å². The Morgan fingerprint density at radius 1 is 1.47 bits per heavy atom. The van der Waals surface area contributed by atoms with Gasteiger partial charge in [0.15, 0.2) is 0 Å². The molecule has 1 heterocycles. The summed E-state index contributed by atoms with van der Waals surface area (Å²) in [5, 5.41) is 12.2. The summed E-state index contributed by atoms with van der Waals surface area (Å²) in [6.45, 7) is 6.14. The molecule has 0 aliphatic carbocycles. The van der Waals surface area contributed by atoms with Crippen molar-refractivity contribution in [2.45, 2.75) is 39.7 Å². The van der Waals surface area contributed by atoms with Crippen molar-refractivity contribution in [1.29, 1.82) is 0 Å². The minimum absolute atomic E-state index is 0.198. The second-order valence-electron chi connectivity index (χ2n) is 3.71. The van der Waals surface area contributed by atoms with E-state index in [1.807, 2.05) is 13.8 Å². The van der Waals surface area contributed by atoms with E-state index in [1.54, 1.807) is 6.20 Å². The molecule has 0 aromatic carbocycles. The van der Waals surface area contributed by atoms with E-state index in [2.05, 4.69) is 22.2 Å². The maximum Gasteiger partial charge on any atom is 0.147 e. The molecule has 0 amide bonds. The Balaban J connectivity index is 2.73. The molecule has 1 unspecified atom stereocenters. The molecule has 0 radical (unpaired) electrons. The Kier molecular flexibility index (Phi) is 4.49. The molecule has 2 N–H and O–H groups in total. The van der Waals surface area contributed by atoms with Gasteiger partial charge in [-0.15, -0.1) is 0 Å². The molecule has 1 aromatic rings. The van der Waals surface area contributed by atoms with Crippen molar-refractivity contribution >= 4 is 5.82 Å². The van der Waals surface area contributed by atoms with Crippen molar-refractivity contribution < 1.29 is 5.11 Å². The zero-order valence-electron chi connectivity index (χ0n) is 9.62. The topological polar surface area (TPSA) is 58.0 Å². The number of anilines is 1. The van der Waals surface area contributed by atoms with Gasteiger partial charge in [-0.25, -0.2) is 4.98 Å². The van der Waals surface area contributed by atoms with Crippen LogP contribution in [0.2, 0.25) is 0 Å². The van der Waals surface area contributed by atoms with Crippen LogP contribution >= 0.6 is 0 Å². The van der Waals surface area contributed by atoms with Crippen LogP contribution in [0.1, 0.15) is 31.2 Å². The summed E-state index contributed by atoms with van der Waals surface area (Å²) >= 11 is 0. The number of nitrogens with zero attached hydrogens (tertiary/aromatic N) is 2. The highest BCUT2D eigenvalue weighted by Gasteiger charge is 2.08. The number of aliphatic hydroxyl groups excluding tert-OH is 1. The molecule has 1 rings (SSSR count). The van der Waals surface area contributed by atoms with Gasteiger partial charge in [0.25, 0.3) is 0 Å². The first-order valence-corrected chi connectivity index (χ1v) is 5.35. The van der Waals surface area contributed by atoms with E-state index in [4.69, 9.17) is 5.11 Å². The monoisotopic (exact) mass is 209 g/mol. The Morgan fingerprint density at radius 3 is 2.80 bits per heavy atom. The third kappa shape index (κ3) is 3.47. The molecule has 0 saturated carbocycles. The van der Waals surface area contributed by atoms with Gasteiger partial charge in [0.05, 0.1) is 11.4 Å². The molecule has 15 heavy (non-hydrogen) atoms.